The van der Waals surface area contributed by atoms with E-state index >= 15 is 0 Å². The molecule has 0 atom stereocenters. The highest BCUT2D eigenvalue weighted by Crippen LogP contribution is 2.18. The van der Waals surface area contributed by atoms with Crippen molar-refractivity contribution in [1.82, 2.24) is 9.97 Å². The van der Waals surface area contributed by atoms with Crippen molar-refractivity contribution in [3.8, 4) is 6.07 Å². The van der Waals surface area contributed by atoms with E-state index in [0.29, 0.717) is 11.3 Å². The van der Waals surface area contributed by atoms with Gasteiger partial charge in [0.2, 0.25) is 0 Å². The largest absolute Gasteiger partial charge is 0.480 e. The third-order valence-corrected chi connectivity index (χ3v) is 3.11. The molecule has 2 aromatic rings. The maximum Gasteiger partial charge on any atom is 0.322 e. The van der Waals surface area contributed by atoms with Crippen LogP contribution in [-0.2, 0) is 4.79 Å². The molecule has 1 aromatic carbocycles. The molecule has 1 aromatic heterocycles. The Labute approximate surface area is 135 Å². The number of carbonyl (C=O) groups is 1. The van der Waals surface area contributed by atoms with Gasteiger partial charge in [-0.25, -0.2) is 0 Å². The fourth-order valence-corrected chi connectivity index (χ4v) is 2.09. The Kier molecular flexibility index (Phi) is 5.07. The maximum absolute atomic E-state index is 11.7. The molecule has 0 aliphatic carbocycles. The SMILES string of the molecule is N#Cc1c(/C=C/c2ccccc2NCC(=O)O)[nH]c(=S)[nH]c1=O. The van der Waals surface area contributed by atoms with E-state index in [2.05, 4.69) is 15.3 Å². The lowest BCUT2D eigenvalue weighted by molar-refractivity contribution is -0.134. The van der Waals surface area contributed by atoms with Crippen molar-refractivity contribution < 1.29 is 9.90 Å². The summed E-state index contributed by atoms with van der Waals surface area (Å²) in [5.41, 5.74) is 0.971. The molecular formula is C15H12N4O3S. The van der Waals surface area contributed by atoms with Gasteiger partial charge in [-0.2, -0.15) is 5.26 Å². The first-order valence-electron chi connectivity index (χ1n) is 6.50. The third-order valence-electron chi connectivity index (χ3n) is 2.90. The number of nitrogens with zero attached hydrogens (tertiary/aromatic N) is 1. The summed E-state index contributed by atoms with van der Waals surface area (Å²) in [6.07, 6.45) is 3.20. The topological polar surface area (TPSA) is 122 Å². The molecule has 23 heavy (non-hydrogen) atoms. The van der Waals surface area contributed by atoms with Gasteiger partial charge in [0.05, 0.1) is 5.69 Å². The summed E-state index contributed by atoms with van der Waals surface area (Å²) in [5, 5.41) is 20.6. The molecule has 116 valence electrons. The highest BCUT2D eigenvalue weighted by molar-refractivity contribution is 7.71. The zero-order chi connectivity index (χ0) is 16.8. The van der Waals surface area contributed by atoms with Crippen molar-refractivity contribution in [1.29, 1.82) is 5.26 Å². The molecule has 8 heteroatoms. The van der Waals surface area contributed by atoms with Crippen molar-refractivity contribution in [3.05, 3.63) is 56.2 Å². The second-order valence-corrected chi connectivity index (χ2v) is 4.88. The number of nitrogens with one attached hydrogen (secondary N) is 3. The van der Waals surface area contributed by atoms with Crippen LogP contribution in [0, 0.1) is 16.1 Å². The van der Waals surface area contributed by atoms with Crippen LogP contribution in [0.25, 0.3) is 12.2 Å². The van der Waals surface area contributed by atoms with Crippen LogP contribution in [0.1, 0.15) is 16.8 Å². The van der Waals surface area contributed by atoms with Crippen molar-refractivity contribution >= 4 is 36.0 Å². The molecule has 0 amide bonds. The fourth-order valence-electron chi connectivity index (χ4n) is 1.89. The highest BCUT2D eigenvalue weighted by Gasteiger charge is 2.05. The number of hydrogen-bond donors (Lipinski definition) is 4. The minimum absolute atomic E-state index is 0.0779. The van der Waals surface area contributed by atoms with Crippen molar-refractivity contribution in [3.63, 3.8) is 0 Å². The van der Waals surface area contributed by atoms with E-state index in [-0.39, 0.29) is 22.6 Å². The first kappa shape index (κ1) is 16.2. The molecule has 7 nitrogen and oxygen atoms in total. The normalized spacial score (nSPS) is 10.4. The number of carboxylic acid groups (broad SMARTS) is 1. The van der Waals surface area contributed by atoms with Crippen molar-refractivity contribution in [2.24, 2.45) is 0 Å². The smallest absolute Gasteiger partial charge is 0.322 e. The van der Waals surface area contributed by atoms with E-state index < -0.39 is 11.5 Å². The Morgan fingerprint density at radius 2 is 2.09 bits per heavy atom. The molecule has 0 saturated carbocycles. The Bertz CT molecular complexity index is 921. The van der Waals surface area contributed by atoms with Gasteiger partial charge in [-0.1, -0.05) is 24.3 Å². The van der Waals surface area contributed by atoms with Crippen LogP contribution in [0.4, 0.5) is 5.69 Å². The lowest BCUT2D eigenvalue weighted by Gasteiger charge is -2.07. The van der Waals surface area contributed by atoms with Gasteiger partial charge in [0.1, 0.15) is 18.2 Å². The monoisotopic (exact) mass is 328 g/mol. The number of H-pyrrole nitrogens is 2. The van der Waals surface area contributed by atoms with Crippen LogP contribution in [-0.4, -0.2) is 27.6 Å². The van der Waals surface area contributed by atoms with Crippen molar-refractivity contribution in [2.45, 2.75) is 0 Å². The van der Waals surface area contributed by atoms with E-state index in [0.717, 1.165) is 0 Å². The van der Waals surface area contributed by atoms with Gasteiger partial charge in [-0.3, -0.25) is 14.6 Å². The van der Waals surface area contributed by atoms with Crippen LogP contribution < -0.4 is 10.9 Å². The van der Waals surface area contributed by atoms with Gasteiger partial charge in [0.15, 0.2) is 4.77 Å². The van der Waals surface area contributed by atoms with Gasteiger partial charge < -0.3 is 15.4 Å². The molecule has 0 aliphatic heterocycles. The molecule has 0 saturated heterocycles. The molecule has 0 aliphatic rings. The zero-order valence-corrected chi connectivity index (χ0v) is 12.6. The molecule has 4 N–H and O–H groups in total. The number of aromatic nitrogens is 2. The lowest BCUT2D eigenvalue weighted by atomic mass is 10.1. The molecule has 2 rings (SSSR count). The number of benzene rings is 1. The number of hydrogen-bond acceptors (Lipinski definition) is 5. The first-order chi connectivity index (χ1) is 11.0. The Morgan fingerprint density at radius 1 is 1.35 bits per heavy atom. The van der Waals surface area contributed by atoms with E-state index in [1.54, 1.807) is 36.4 Å². The quantitative estimate of drug-likeness (QED) is 0.623. The predicted molar refractivity (Wildman–Crippen MR) is 88.5 cm³/mol. The van der Waals surface area contributed by atoms with Gasteiger partial charge in [-0.15, -0.1) is 0 Å². The van der Waals surface area contributed by atoms with E-state index in [9.17, 15) is 9.59 Å². The number of aliphatic carboxylic acids is 1. The predicted octanol–water partition coefficient (Wildman–Crippen LogP) is 1.97. The fraction of sp³-hybridized carbons (Fsp3) is 0.0667. The zero-order valence-electron chi connectivity index (χ0n) is 11.8. The van der Waals surface area contributed by atoms with E-state index in [4.69, 9.17) is 22.6 Å². The van der Waals surface area contributed by atoms with E-state index in [1.165, 1.54) is 0 Å². The number of rotatable bonds is 5. The average Bonchev–Trinajstić information content (AvgIpc) is 2.51. The minimum Gasteiger partial charge on any atom is -0.480 e. The number of aromatic amines is 2. The van der Waals surface area contributed by atoms with Gasteiger partial charge >= 0.3 is 5.97 Å². The lowest BCUT2D eigenvalue weighted by Crippen LogP contribution is -2.14. The molecule has 0 unspecified atom stereocenters. The summed E-state index contributed by atoms with van der Waals surface area (Å²) >= 11 is 4.89. The van der Waals surface area contributed by atoms with Crippen molar-refractivity contribution in [2.75, 3.05) is 11.9 Å². The summed E-state index contributed by atoms with van der Waals surface area (Å²) in [5.74, 6) is -0.978. The van der Waals surface area contributed by atoms with Gasteiger partial charge in [0.25, 0.3) is 5.56 Å². The van der Waals surface area contributed by atoms with Crippen LogP contribution in [0.15, 0.2) is 29.1 Å². The van der Waals surface area contributed by atoms with Gasteiger partial charge in [-0.05, 0) is 29.9 Å². The summed E-state index contributed by atoms with van der Waals surface area (Å²) in [7, 11) is 0. The molecule has 0 radical (unpaired) electrons. The van der Waals surface area contributed by atoms with Crippen LogP contribution in [0.3, 0.4) is 0 Å². The second kappa shape index (κ2) is 7.20. The average molecular weight is 328 g/mol. The number of para-hydroxylation sites is 1. The molecule has 1 heterocycles. The minimum atomic E-state index is -0.978. The maximum atomic E-state index is 11.7. The third kappa shape index (κ3) is 4.15. The number of carboxylic acids is 1. The molecule has 0 spiro atoms. The van der Waals surface area contributed by atoms with Crippen LogP contribution >= 0.6 is 12.2 Å². The van der Waals surface area contributed by atoms with Crippen LogP contribution in [0.2, 0.25) is 0 Å². The Morgan fingerprint density at radius 3 is 2.78 bits per heavy atom. The summed E-state index contributed by atoms with van der Waals surface area (Å²) in [6.45, 7) is -0.220. The van der Waals surface area contributed by atoms with E-state index in [1.807, 2.05) is 6.07 Å². The number of nitriles is 1. The highest BCUT2D eigenvalue weighted by atomic mass is 32.1. The molecular weight excluding hydrogens is 316 g/mol. The Balaban J connectivity index is 2.39. The molecule has 0 fully saturated rings. The first-order valence-corrected chi connectivity index (χ1v) is 6.91. The van der Waals surface area contributed by atoms with Crippen LogP contribution in [0.5, 0.6) is 0 Å². The second-order valence-electron chi connectivity index (χ2n) is 4.48. The Hall–Kier alpha value is -3.18. The standard InChI is InChI=1S/C15H12N4O3S/c16-7-10-12(18-15(23)19-14(10)22)6-5-9-3-1-2-4-11(9)17-8-13(20)21/h1-6,17H,8H2,(H,20,21)(H2,18,19,22,23)/b6-5+. The molecule has 0 bridgehead atoms. The van der Waals surface area contributed by atoms with Gasteiger partial charge in [0, 0.05) is 5.69 Å². The summed E-state index contributed by atoms with van der Waals surface area (Å²) in [4.78, 5) is 27.4. The summed E-state index contributed by atoms with van der Waals surface area (Å²) in [6, 6.07) is 8.87. The summed E-state index contributed by atoms with van der Waals surface area (Å²) < 4.78 is 0.117. The number of anilines is 1.